The van der Waals surface area contributed by atoms with Crippen molar-refractivity contribution in [3.63, 3.8) is 0 Å². The molecule has 0 rings (SSSR count). The molecule has 0 saturated carbocycles. The molecule has 0 aromatic carbocycles. The summed E-state index contributed by atoms with van der Waals surface area (Å²) >= 11 is 0. The van der Waals surface area contributed by atoms with Gasteiger partial charge in [-0.15, -0.1) is 0 Å². The molecule has 0 spiro atoms. The maximum Gasteiger partial charge on any atom is 0.123 e. The van der Waals surface area contributed by atoms with Crippen molar-refractivity contribution in [2.75, 3.05) is 0 Å². The highest BCUT2D eigenvalue weighted by atomic mass is 16.1. The van der Waals surface area contributed by atoms with E-state index in [1.807, 2.05) is 0 Å². The predicted octanol–water partition coefficient (Wildman–Crippen LogP) is 4.31. The summed E-state index contributed by atoms with van der Waals surface area (Å²) in [6, 6.07) is 0. The third kappa shape index (κ3) is 11.6. The molecule has 1 unspecified atom stereocenters. The number of unbranched alkanes of at least 4 members (excludes halogenated alkanes) is 7. The van der Waals surface area contributed by atoms with Crippen LogP contribution in [0.25, 0.3) is 0 Å². The fourth-order valence-corrected chi connectivity index (χ4v) is 2.10. The SMILES string of the molecule is CCCCCCCCC(C=O)CCCCC=O. The molecule has 0 N–H and O–H groups in total. The second-order valence-corrected chi connectivity index (χ2v) is 4.90. The van der Waals surface area contributed by atoms with Gasteiger partial charge in [0, 0.05) is 12.3 Å². The van der Waals surface area contributed by atoms with Crippen LogP contribution in [-0.4, -0.2) is 12.6 Å². The molecule has 0 radical (unpaired) electrons. The molecule has 2 nitrogen and oxygen atoms in total. The van der Waals surface area contributed by atoms with Gasteiger partial charge in [-0.3, -0.25) is 0 Å². The predicted molar refractivity (Wildman–Crippen MR) is 72.1 cm³/mol. The first-order chi connectivity index (χ1) is 8.35. The second-order valence-electron chi connectivity index (χ2n) is 4.90. The van der Waals surface area contributed by atoms with Gasteiger partial charge in [0.05, 0.1) is 0 Å². The Morgan fingerprint density at radius 3 is 2.00 bits per heavy atom. The summed E-state index contributed by atoms with van der Waals surface area (Å²) in [6.07, 6.45) is 14.4. The van der Waals surface area contributed by atoms with E-state index < -0.39 is 0 Å². The van der Waals surface area contributed by atoms with Crippen molar-refractivity contribution in [1.82, 2.24) is 0 Å². The Balaban J connectivity index is 3.34. The van der Waals surface area contributed by atoms with Crippen LogP contribution in [0.5, 0.6) is 0 Å². The lowest BCUT2D eigenvalue weighted by Gasteiger charge is -2.09. The Bertz CT molecular complexity index is 178. The second kappa shape index (κ2) is 13.4. The maximum absolute atomic E-state index is 10.9. The van der Waals surface area contributed by atoms with E-state index >= 15 is 0 Å². The van der Waals surface area contributed by atoms with E-state index in [-0.39, 0.29) is 5.92 Å². The lowest BCUT2D eigenvalue weighted by molar-refractivity contribution is -0.111. The van der Waals surface area contributed by atoms with Crippen molar-refractivity contribution in [2.24, 2.45) is 5.92 Å². The zero-order valence-corrected chi connectivity index (χ0v) is 11.3. The number of hydrogen-bond acceptors (Lipinski definition) is 2. The summed E-state index contributed by atoms with van der Waals surface area (Å²) in [5.41, 5.74) is 0. The van der Waals surface area contributed by atoms with Gasteiger partial charge in [-0.2, -0.15) is 0 Å². The van der Waals surface area contributed by atoms with Gasteiger partial charge >= 0.3 is 0 Å². The molecular weight excluding hydrogens is 212 g/mol. The van der Waals surface area contributed by atoms with Crippen molar-refractivity contribution >= 4 is 12.6 Å². The molecule has 0 aromatic heterocycles. The molecule has 0 fully saturated rings. The number of rotatable bonds is 13. The summed E-state index contributed by atoms with van der Waals surface area (Å²) in [6.45, 7) is 2.22. The number of aldehydes is 2. The first kappa shape index (κ1) is 16.3. The average molecular weight is 240 g/mol. The first-order valence-electron chi connectivity index (χ1n) is 7.24. The van der Waals surface area contributed by atoms with Gasteiger partial charge in [0.2, 0.25) is 0 Å². The molecule has 0 aliphatic carbocycles. The molecule has 2 heteroatoms. The zero-order valence-electron chi connectivity index (χ0n) is 11.3. The van der Waals surface area contributed by atoms with Gasteiger partial charge in [0.25, 0.3) is 0 Å². The van der Waals surface area contributed by atoms with E-state index in [2.05, 4.69) is 6.92 Å². The van der Waals surface area contributed by atoms with E-state index in [4.69, 9.17) is 0 Å². The van der Waals surface area contributed by atoms with E-state index in [9.17, 15) is 9.59 Å². The van der Waals surface area contributed by atoms with E-state index in [1.54, 1.807) is 0 Å². The Hall–Kier alpha value is -0.660. The quantitative estimate of drug-likeness (QED) is 0.355. The molecule has 0 aliphatic heterocycles. The van der Waals surface area contributed by atoms with Gasteiger partial charge in [-0.1, -0.05) is 51.9 Å². The smallest absolute Gasteiger partial charge is 0.123 e. The average Bonchev–Trinajstić information content (AvgIpc) is 2.36. The normalized spacial score (nSPS) is 12.3. The van der Waals surface area contributed by atoms with Gasteiger partial charge in [0.15, 0.2) is 0 Å². The summed E-state index contributed by atoms with van der Waals surface area (Å²) < 4.78 is 0. The van der Waals surface area contributed by atoms with Crippen molar-refractivity contribution in [2.45, 2.75) is 77.6 Å². The summed E-state index contributed by atoms with van der Waals surface area (Å²) in [4.78, 5) is 21.0. The third-order valence-electron chi connectivity index (χ3n) is 3.27. The minimum absolute atomic E-state index is 0.229. The van der Waals surface area contributed by atoms with Crippen LogP contribution in [0.1, 0.15) is 77.6 Å². The topological polar surface area (TPSA) is 34.1 Å². The van der Waals surface area contributed by atoms with Gasteiger partial charge in [0.1, 0.15) is 12.6 Å². The van der Waals surface area contributed by atoms with Crippen molar-refractivity contribution in [1.29, 1.82) is 0 Å². The molecule has 0 saturated heterocycles. The molecular formula is C15H28O2. The van der Waals surface area contributed by atoms with Crippen molar-refractivity contribution < 1.29 is 9.59 Å². The largest absolute Gasteiger partial charge is 0.303 e. The Morgan fingerprint density at radius 2 is 1.41 bits per heavy atom. The van der Waals surface area contributed by atoms with Crippen LogP contribution in [0, 0.1) is 5.92 Å². The number of hydrogen-bond donors (Lipinski definition) is 0. The lowest BCUT2D eigenvalue weighted by Crippen LogP contribution is -2.02. The Morgan fingerprint density at radius 1 is 0.824 bits per heavy atom. The number of carbonyl (C=O) groups is 2. The van der Waals surface area contributed by atoms with Crippen molar-refractivity contribution in [3.05, 3.63) is 0 Å². The number of carbonyl (C=O) groups excluding carboxylic acids is 2. The molecule has 0 bridgehead atoms. The lowest BCUT2D eigenvalue weighted by atomic mass is 9.96. The van der Waals surface area contributed by atoms with Crippen LogP contribution in [0.4, 0.5) is 0 Å². The highest BCUT2D eigenvalue weighted by Gasteiger charge is 2.06. The van der Waals surface area contributed by atoms with E-state index in [0.29, 0.717) is 6.42 Å². The minimum atomic E-state index is 0.229. The van der Waals surface area contributed by atoms with Crippen LogP contribution in [0.15, 0.2) is 0 Å². The van der Waals surface area contributed by atoms with Gasteiger partial charge < -0.3 is 9.59 Å². The summed E-state index contributed by atoms with van der Waals surface area (Å²) in [7, 11) is 0. The van der Waals surface area contributed by atoms with Crippen LogP contribution >= 0.6 is 0 Å². The summed E-state index contributed by atoms with van der Waals surface area (Å²) in [5.74, 6) is 0.229. The van der Waals surface area contributed by atoms with Crippen molar-refractivity contribution in [3.8, 4) is 0 Å². The first-order valence-corrected chi connectivity index (χ1v) is 7.24. The van der Waals surface area contributed by atoms with Crippen LogP contribution in [0.2, 0.25) is 0 Å². The van der Waals surface area contributed by atoms with Gasteiger partial charge in [-0.05, 0) is 19.3 Å². The maximum atomic E-state index is 10.9. The van der Waals surface area contributed by atoms with Crippen LogP contribution < -0.4 is 0 Å². The fraction of sp³-hybridized carbons (Fsp3) is 0.867. The van der Waals surface area contributed by atoms with Gasteiger partial charge in [-0.25, -0.2) is 0 Å². The monoisotopic (exact) mass is 240 g/mol. The van der Waals surface area contributed by atoms with E-state index in [1.165, 1.54) is 38.5 Å². The minimum Gasteiger partial charge on any atom is -0.303 e. The zero-order chi connectivity index (χ0) is 12.8. The highest BCUT2D eigenvalue weighted by Crippen LogP contribution is 2.16. The summed E-state index contributed by atoms with van der Waals surface area (Å²) in [5, 5.41) is 0. The highest BCUT2D eigenvalue weighted by molar-refractivity contribution is 5.53. The molecule has 100 valence electrons. The molecule has 0 heterocycles. The molecule has 0 aliphatic rings. The Labute approximate surface area is 106 Å². The Kier molecular flexibility index (Phi) is 12.9. The molecule has 0 aromatic rings. The van der Waals surface area contributed by atoms with Crippen LogP contribution in [0.3, 0.4) is 0 Å². The fourth-order valence-electron chi connectivity index (χ4n) is 2.10. The molecule has 17 heavy (non-hydrogen) atoms. The van der Waals surface area contributed by atoms with Crippen LogP contribution in [-0.2, 0) is 9.59 Å². The molecule has 0 amide bonds. The molecule has 1 atom stereocenters. The third-order valence-corrected chi connectivity index (χ3v) is 3.27. The van der Waals surface area contributed by atoms with E-state index in [0.717, 1.165) is 38.3 Å². The standard InChI is InChI=1S/C15H28O2/c1-2-3-4-5-6-8-11-15(14-17)12-9-7-10-13-16/h13-15H,2-12H2,1H3.